The Labute approximate surface area is 174 Å². The van der Waals surface area contributed by atoms with Gasteiger partial charge in [-0.3, -0.25) is 9.80 Å². The van der Waals surface area contributed by atoms with Gasteiger partial charge in [-0.1, -0.05) is 24.3 Å². The Bertz CT molecular complexity index is 818. The molecule has 0 saturated carbocycles. The van der Waals surface area contributed by atoms with Gasteiger partial charge in [-0.25, -0.2) is 0 Å². The average Bonchev–Trinajstić information content (AvgIpc) is 2.76. The molecule has 2 fully saturated rings. The number of phenolic OH excluding ortho intramolecular Hbond substituents is 1. The molecular weight excluding hydrogens is 362 g/mol. The van der Waals surface area contributed by atoms with Crippen LogP contribution in [-0.2, 0) is 6.54 Å². The molecule has 0 aromatic heterocycles. The monoisotopic (exact) mass is 395 g/mol. The highest BCUT2D eigenvalue weighted by molar-refractivity contribution is 5.53. The predicted octanol–water partition coefficient (Wildman–Crippen LogP) is 3.50. The molecule has 1 atom stereocenters. The molecule has 0 bridgehead atoms. The van der Waals surface area contributed by atoms with Crippen molar-refractivity contribution in [2.24, 2.45) is 0 Å². The molecule has 2 aliphatic heterocycles. The molecular formula is C24H33N3O2. The first kappa shape index (κ1) is 20.0. The summed E-state index contributed by atoms with van der Waals surface area (Å²) < 4.78 is 5.47. The topological polar surface area (TPSA) is 39.2 Å². The van der Waals surface area contributed by atoms with Crippen LogP contribution in [0.3, 0.4) is 0 Å². The van der Waals surface area contributed by atoms with Gasteiger partial charge in [0.15, 0.2) is 0 Å². The van der Waals surface area contributed by atoms with Crippen LogP contribution >= 0.6 is 0 Å². The average molecular weight is 396 g/mol. The molecule has 4 rings (SSSR count). The van der Waals surface area contributed by atoms with Crippen molar-refractivity contribution in [3.05, 3.63) is 53.6 Å². The molecule has 1 unspecified atom stereocenters. The van der Waals surface area contributed by atoms with E-state index in [2.05, 4.69) is 45.9 Å². The number of aryl methyl sites for hydroxylation is 1. The van der Waals surface area contributed by atoms with E-state index in [-0.39, 0.29) is 0 Å². The number of piperidine rings is 1. The Balaban J connectivity index is 1.36. The second-order valence-electron chi connectivity index (χ2n) is 8.30. The number of phenols is 1. The molecule has 156 valence electrons. The Hall–Kier alpha value is -2.24. The normalized spacial score (nSPS) is 21.3. The molecule has 29 heavy (non-hydrogen) atoms. The van der Waals surface area contributed by atoms with E-state index in [0.29, 0.717) is 11.8 Å². The molecule has 2 aromatic rings. The lowest BCUT2D eigenvalue weighted by Crippen LogP contribution is -2.55. The van der Waals surface area contributed by atoms with Crippen molar-refractivity contribution in [3.8, 4) is 11.5 Å². The molecule has 0 spiro atoms. The summed E-state index contributed by atoms with van der Waals surface area (Å²) >= 11 is 0. The van der Waals surface area contributed by atoms with E-state index in [0.717, 1.165) is 57.1 Å². The molecule has 0 amide bonds. The summed E-state index contributed by atoms with van der Waals surface area (Å²) in [4.78, 5) is 7.67. The quantitative estimate of drug-likeness (QED) is 0.839. The maximum atomic E-state index is 10.3. The number of methoxy groups -OCH3 is 1. The lowest BCUT2D eigenvalue weighted by Gasteiger charge is -2.44. The second-order valence-corrected chi connectivity index (χ2v) is 8.30. The van der Waals surface area contributed by atoms with Crippen molar-refractivity contribution in [3.63, 3.8) is 0 Å². The minimum atomic E-state index is 0.332. The number of nitrogens with zero attached hydrogens (tertiary/aromatic N) is 3. The van der Waals surface area contributed by atoms with Gasteiger partial charge in [0.25, 0.3) is 0 Å². The van der Waals surface area contributed by atoms with Crippen molar-refractivity contribution < 1.29 is 9.84 Å². The summed E-state index contributed by atoms with van der Waals surface area (Å²) in [5.74, 6) is 1.11. The molecule has 1 N–H and O–H groups in total. The zero-order chi connectivity index (χ0) is 20.2. The van der Waals surface area contributed by atoms with Crippen LogP contribution in [0.15, 0.2) is 42.5 Å². The molecule has 2 aromatic carbocycles. The van der Waals surface area contributed by atoms with E-state index in [4.69, 9.17) is 4.74 Å². The van der Waals surface area contributed by atoms with Crippen LogP contribution in [-0.4, -0.2) is 67.3 Å². The number of likely N-dealkylation sites (tertiary alicyclic amines) is 1. The Kier molecular flexibility index (Phi) is 6.26. The highest BCUT2D eigenvalue weighted by atomic mass is 16.5. The number of para-hydroxylation sites is 1. The summed E-state index contributed by atoms with van der Waals surface area (Å²) in [6.45, 7) is 9.51. The van der Waals surface area contributed by atoms with Crippen molar-refractivity contribution in [1.82, 2.24) is 9.80 Å². The van der Waals surface area contributed by atoms with Crippen molar-refractivity contribution in [2.45, 2.75) is 32.4 Å². The van der Waals surface area contributed by atoms with E-state index >= 15 is 0 Å². The summed E-state index contributed by atoms with van der Waals surface area (Å²) in [5.41, 5.74) is 3.64. The maximum absolute atomic E-state index is 10.3. The Morgan fingerprint density at radius 2 is 1.79 bits per heavy atom. The summed E-state index contributed by atoms with van der Waals surface area (Å²) in [5, 5.41) is 10.3. The number of aromatic hydroxyl groups is 1. The van der Waals surface area contributed by atoms with Crippen LogP contribution in [0, 0.1) is 6.92 Å². The van der Waals surface area contributed by atoms with Gasteiger partial charge in [0.1, 0.15) is 11.5 Å². The molecule has 5 nitrogen and oxygen atoms in total. The van der Waals surface area contributed by atoms with Gasteiger partial charge in [0, 0.05) is 56.6 Å². The number of hydrogen-bond acceptors (Lipinski definition) is 5. The van der Waals surface area contributed by atoms with Gasteiger partial charge in [0.05, 0.1) is 7.11 Å². The van der Waals surface area contributed by atoms with E-state index in [1.54, 1.807) is 13.2 Å². The number of piperazine rings is 1. The van der Waals surface area contributed by atoms with Gasteiger partial charge in [0.2, 0.25) is 0 Å². The summed E-state index contributed by atoms with van der Waals surface area (Å²) in [7, 11) is 1.67. The first-order valence-corrected chi connectivity index (χ1v) is 10.8. The van der Waals surface area contributed by atoms with Gasteiger partial charge in [-0.05, 0) is 50.1 Å². The third kappa shape index (κ3) is 4.51. The van der Waals surface area contributed by atoms with E-state index < -0.39 is 0 Å². The van der Waals surface area contributed by atoms with Gasteiger partial charge >= 0.3 is 0 Å². The summed E-state index contributed by atoms with van der Waals surface area (Å²) in [6, 6.07) is 14.8. The number of anilines is 1. The van der Waals surface area contributed by atoms with Crippen molar-refractivity contribution >= 4 is 5.69 Å². The van der Waals surface area contributed by atoms with Crippen LogP contribution in [0.5, 0.6) is 11.5 Å². The fourth-order valence-electron chi connectivity index (χ4n) is 4.85. The number of benzene rings is 2. The lowest BCUT2D eigenvalue weighted by atomic mass is 10.0. The molecule has 2 saturated heterocycles. The number of ether oxygens (including phenoxy) is 1. The molecule has 0 aliphatic carbocycles. The number of rotatable bonds is 5. The van der Waals surface area contributed by atoms with Gasteiger partial charge in [-0.15, -0.1) is 0 Å². The highest BCUT2D eigenvalue weighted by Crippen LogP contribution is 2.30. The van der Waals surface area contributed by atoms with Crippen LogP contribution < -0.4 is 9.64 Å². The Morgan fingerprint density at radius 1 is 1.00 bits per heavy atom. The van der Waals surface area contributed by atoms with Crippen molar-refractivity contribution in [2.75, 3.05) is 51.3 Å². The Morgan fingerprint density at radius 3 is 2.55 bits per heavy atom. The standard InChI is InChI=1S/C24H33N3O2/c1-19-7-3-4-9-22(19)27-15-13-26(14-16-27)20-8-6-12-25(17-20)18-21-23(28)10-5-11-24(21)29-2/h3-5,7,9-11,20,28H,6,8,12-18H2,1-2H3. The zero-order valence-corrected chi connectivity index (χ0v) is 17.7. The number of hydrogen-bond donors (Lipinski definition) is 1. The zero-order valence-electron chi connectivity index (χ0n) is 17.7. The third-order valence-electron chi connectivity index (χ3n) is 6.48. The SMILES string of the molecule is COc1cccc(O)c1CN1CCCC(N2CCN(c3ccccc3C)CC2)C1. The minimum absolute atomic E-state index is 0.332. The van der Waals surface area contributed by atoms with Crippen molar-refractivity contribution in [1.29, 1.82) is 0 Å². The highest BCUT2D eigenvalue weighted by Gasteiger charge is 2.29. The first-order chi connectivity index (χ1) is 14.2. The molecule has 2 aliphatic rings. The van der Waals surface area contributed by atoms with Crippen LogP contribution in [0.25, 0.3) is 0 Å². The van der Waals surface area contributed by atoms with E-state index in [1.807, 2.05) is 12.1 Å². The van der Waals surface area contributed by atoms with E-state index in [1.165, 1.54) is 24.1 Å². The fraction of sp³-hybridized carbons (Fsp3) is 0.500. The third-order valence-corrected chi connectivity index (χ3v) is 6.48. The smallest absolute Gasteiger partial charge is 0.127 e. The second kappa shape index (κ2) is 9.06. The van der Waals surface area contributed by atoms with Crippen LogP contribution in [0.4, 0.5) is 5.69 Å². The minimum Gasteiger partial charge on any atom is -0.507 e. The predicted molar refractivity (Wildman–Crippen MR) is 118 cm³/mol. The van der Waals surface area contributed by atoms with Gasteiger partial charge < -0.3 is 14.7 Å². The van der Waals surface area contributed by atoms with Gasteiger partial charge in [-0.2, -0.15) is 0 Å². The fourth-order valence-corrected chi connectivity index (χ4v) is 4.85. The largest absolute Gasteiger partial charge is 0.507 e. The van der Waals surface area contributed by atoms with E-state index in [9.17, 15) is 5.11 Å². The van der Waals surface area contributed by atoms with Crippen LogP contribution in [0.2, 0.25) is 0 Å². The lowest BCUT2D eigenvalue weighted by molar-refractivity contribution is 0.0878. The maximum Gasteiger partial charge on any atom is 0.127 e. The first-order valence-electron chi connectivity index (χ1n) is 10.8. The summed E-state index contributed by atoms with van der Waals surface area (Å²) in [6.07, 6.45) is 2.47. The molecule has 5 heteroatoms. The van der Waals surface area contributed by atoms with Crippen LogP contribution in [0.1, 0.15) is 24.0 Å². The molecule has 2 heterocycles. The molecule has 0 radical (unpaired) electrons.